The molecule has 0 aromatic heterocycles. The third-order valence-electron chi connectivity index (χ3n) is 5.00. The summed E-state index contributed by atoms with van der Waals surface area (Å²) >= 11 is 0. The fraction of sp³-hybridized carbons (Fsp3) is 0.750. The number of fused-ring (bicyclic) bond motifs is 1. The van der Waals surface area contributed by atoms with Gasteiger partial charge in [-0.25, -0.2) is 9.59 Å². The standard InChI is InChI=1S/C24H38N2O7/c1-21(2,3)31-18(28)15-14-16(15)24(19(29)32-22(4,5)6,13(17(14)27)12-26(10)11)25-20(30)33-23(7,8)9/h12,14-16H,1-11H3,(H,25,30)/t14-,15-,16-,24-/m0/s1. The Hall–Kier alpha value is -2.58. The Balaban J connectivity index is 2.61. The average molecular weight is 467 g/mol. The zero-order valence-electron chi connectivity index (χ0n) is 21.6. The van der Waals surface area contributed by atoms with E-state index in [9.17, 15) is 19.2 Å². The van der Waals surface area contributed by atoms with E-state index in [2.05, 4.69) is 5.32 Å². The molecule has 0 aliphatic heterocycles. The van der Waals surface area contributed by atoms with Gasteiger partial charge < -0.3 is 24.4 Å². The lowest BCUT2D eigenvalue weighted by Gasteiger charge is -2.36. The number of amides is 1. The second kappa shape index (κ2) is 8.33. The summed E-state index contributed by atoms with van der Waals surface area (Å²) in [4.78, 5) is 54.5. The number of hydrogen-bond donors (Lipinski definition) is 1. The summed E-state index contributed by atoms with van der Waals surface area (Å²) in [6.07, 6.45) is 0.600. The molecule has 2 rings (SSSR count). The number of ketones is 1. The largest absolute Gasteiger partial charge is 0.460 e. The van der Waals surface area contributed by atoms with E-state index >= 15 is 0 Å². The zero-order valence-corrected chi connectivity index (χ0v) is 21.6. The van der Waals surface area contributed by atoms with E-state index in [0.717, 1.165) is 0 Å². The van der Waals surface area contributed by atoms with Crippen LogP contribution in [-0.4, -0.2) is 65.2 Å². The lowest BCUT2D eigenvalue weighted by Crippen LogP contribution is -2.60. The lowest BCUT2D eigenvalue weighted by atomic mass is 9.85. The minimum Gasteiger partial charge on any atom is -0.460 e. The number of Topliss-reactive ketones (excluding diaryl/α,β-unsaturated/α-hetero) is 1. The maximum absolute atomic E-state index is 13.7. The molecule has 0 bridgehead atoms. The summed E-state index contributed by atoms with van der Waals surface area (Å²) in [6.45, 7) is 15.3. The molecule has 33 heavy (non-hydrogen) atoms. The van der Waals surface area contributed by atoms with Crippen molar-refractivity contribution >= 4 is 23.8 Å². The SMILES string of the molecule is CN(C)C=C1C(=O)[C@H]2[C@H](C(=O)OC(C)(C)C)[C@H]2[C@]1(NC(=O)OC(C)(C)C)C(=O)OC(C)(C)C. The van der Waals surface area contributed by atoms with Crippen molar-refractivity contribution in [2.45, 2.75) is 84.7 Å². The van der Waals surface area contributed by atoms with Crippen LogP contribution in [-0.2, 0) is 28.6 Å². The van der Waals surface area contributed by atoms with Crippen LogP contribution in [0.25, 0.3) is 0 Å². The molecule has 1 amide bonds. The molecule has 0 heterocycles. The van der Waals surface area contributed by atoms with Crippen LogP contribution in [0.1, 0.15) is 62.3 Å². The smallest absolute Gasteiger partial charge is 0.408 e. The number of carbonyl (C=O) groups excluding carboxylic acids is 4. The van der Waals surface area contributed by atoms with Crippen LogP contribution in [0.5, 0.6) is 0 Å². The van der Waals surface area contributed by atoms with Crippen LogP contribution >= 0.6 is 0 Å². The van der Waals surface area contributed by atoms with Gasteiger partial charge in [-0.2, -0.15) is 0 Å². The maximum atomic E-state index is 13.7. The predicted molar refractivity (Wildman–Crippen MR) is 121 cm³/mol. The molecule has 2 aliphatic carbocycles. The summed E-state index contributed by atoms with van der Waals surface area (Å²) in [6, 6.07) is 0. The van der Waals surface area contributed by atoms with Crippen LogP contribution < -0.4 is 5.32 Å². The molecular weight excluding hydrogens is 428 g/mol. The topological polar surface area (TPSA) is 111 Å². The quantitative estimate of drug-likeness (QED) is 0.382. The van der Waals surface area contributed by atoms with Crippen molar-refractivity contribution in [2.75, 3.05) is 14.1 Å². The molecule has 9 nitrogen and oxygen atoms in total. The molecule has 1 N–H and O–H groups in total. The van der Waals surface area contributed by atoms with Crippen molar-refractivity contribution in [1.82, 2.24) is 10.2 Å². The third-order valence-corrected chi connectivity index (χ3v) is 5.00. The Bertz CT molecular complexity index is 871. The van der Waals surface area contributed by atoms with Gasteiger partial charge in [0.2, 0.25) is 0 Å². The Morgan fingerprint density at radius 3 is 1.79 bits per heavy atom. The highest BCUT2D eigenvalue weighted by Gasteiger charge is 2.79. The molecule has 0 unspecified atom stereocenters. The summed E-state index contributed by atoms with van der Waals surface area (Å²) in [5.74, 6) is -4.32. The van der Waals surface area contributed by atoms with Gasteiger partial charge in [-0.15, -0.1) is 0 Å². The molecule has 2 saturated carbocycles. The van der Waals surface area contributed by atoms with Gasteiger partial charge in [-0.1, -0.05) is 0 Å². The van der Waals surface area contributed by atoms with E-state index in [-0.39, 0.29) is 5.57 Å². The van der Waals surface area contributed by atoms with E-state index < -0.39 is 63.9 Å². The predicted octanol–water partition coefficient (Wildman–Crippen LogP) is 2.82. The number of ether oxygens (including phenoxy) is 3. The first-order valence-corrected chi connectivity index (χ1v) is 11.1. The van der Waals surface area contributed by atoms with Crippen molar-refractivity contribution < 1.29 is 33.4 Å². The number of nitrogens with zero attached hydrogens (tertiary/aromatic N) is 1. The Kier molecular flexibility index (Phi) is 6.73. The molecule has 0 aromatic carbocycles. The van der Waals surface area contributed by atoms with Crippen molar-refractivity contribution in [3.63, 3.8) is 0 Å². The first-order valence-electron chi connectivity index (χ1n) is 11.1. The Labute approximate surface area is 196 Å². The van der Waals surface area contributed by atoms with Gasteiger partial charge in [-0.05, 0) is 62.3 Å². The van der Waals surface area contributed by atoms with Gasteiger partial charge in [0.05, 0.1) is 5.92 Å². The minimum absolute atomic E-state index is 0.0578. The van der Waals surface area contributed by atoms with Crippen molar-refractivity contribution in [3.05, 3.63) is 11.8 Å². The summed E-state index contributed by atoms with van der Waals surface area (Å²) < 4.78 is 16.6. The summed E-state index contributed by atoms with van der Waals surface area (Å²) in [5.41, 5.74) is -4.35. The minimum atomic E-state index is -1.89. The molecule has 9 heteroatoms. The molecule has 4 atom stereocenters. The van der Waals surface area contributed by atoms with Gasteiger partial charge in [0.1, 0.15) is 16.8 Å². The molecule has 2 aliphatic rings. The number of rotatable bonds is 4. The van der Waals surface area contributed by atoms with Gasteiger partial charge in [0.25, 0.3) is 0 Å². The van der Waals surface area contributed by atoms with E-state index in [1.807, 2.05) is 0 Å². The van der Waals surface area contributed by atoms with Crippen molar-refractivity contribution in [1.29, 1.82) is 0 Å². The Morgan fingerprint density at radius 1 is 0.879 bits per heavy atom. The third kappa shape index (κ3) is 5.86. The number of carbonyl (C=O) groups is 4. The van der Waals surface area contributed by atoms with Crippen LogP contribution in [0.15, 0.2) is 11.8 Å². The van der Waals surface area contributed by atoms with Gasteiger partial charge >= 0.3 is 18.0 Å². The van der Waals surface area contributed by atoms with Crippen LogP contribution in [0.4, 0.5) is 4.79 Å². The van der Waals surface area contributed by atoms with E-state index in [0.29, 0.717) is 0 Å². The van der Waals surface area contributed by atoms with E-state index in [1.54, 1.807) is 81.3 Å². The second-order valence-corrected chi connectivity index (χ2v) is 11.9. The van der Waals surface area contributed by atoms with Gasteiger partial charge in [-0.3, -0.25) is 9.59 Å². The number of alkyl carbamates (subject to hydrolysis) is 1. The molecule has 0 spiro atoms. The highest BCUT2D eigenvalue weighted by atomic mass is 16.6. The number of esters is 2. The van der Waals surface area contributed by atoms with Gasteiger partial charge in [0, 0.05) is 37.7 Å². The average Bonchev–Trinajstić information content (AvgIpc) is 3.23. The fourth-order valence-corrected chi connectivity index (χ4v) is 4.09. The highest BCUT2D eigenvalue weighted by Crippen LogP contribution is 2.63. The zero-order chi connectivity index (χ0) is 25.7. The molecule has 0 saturated heterocycles. The van der Waals surface area contributed by atoms with E-state index in [4.69, 9.17) is 14.2 Å². The summed E-state index contributed by atoms with van der Waals surface area (Å²) in [5, 5.41) is 2.64. The molecule has 0 radical (unpaired) electrons. The number of nitrogens with one attached hydrogen (secondary N) is 1. The first kappa shape index (κ1) is 26.7. The highest BCUT2D eigenvalue weighted by molar-refractivity contribution is 6.16. The lowest BCUT2D eigenvalue weighted by molar-refractivity contribution is -0.164. The maximum Gasteiger partial charge on any atom is 0.408 e. The molecule has 0 aromatic rings. The molecule has 186 valence electrons. The van der Waals surface area contributed by atoms with Crippen LogP contribution in [0, 0.1) is 17.8 Å². The molecule has 2 fully saturated rings. The summed E-state index contributed by atoms with van der Waals surface area (Å²) in [7, 11) is 3.39. The molecular formula is C24H38N2O7. The van der Waals surface area contributed by atoms with Crippen LogP contribution in [0.2, 0.25) is 0 Å². The second-order valence-electron chi connectivity index (χ2n) is 11.9. The van der Waals surface area contributed by atoms with Crippen molar-refractivity contribution in [2.24, 2.45) is 17.8 Å². The monoisotopic (exact) mass is 466 g/mol. The Morgan fingerprint density at radius 2 is 1.36 bits per heavy atom. The van der Waals surface area contributed by atoms with E-state index in [1.165, 1.54) is 6.20 Å². The van der Waals surface area contributed by atoms with Crippen molar-refractivity contribution in [3.8, 4) is 0 Å². The van der Waals surface area contributed by atoms with Crippen LogP contribution in [0.3, 0.4) is 0 Å². The van der Waals surface area contributed by atoms with Gasteiger partial charge in [0.15, 0.2) is 11.3 Å². The fourth-order valence-electron chi connectivity index (χ4n) is 4.09. The first-order chi connectivity index (χ1) is 14.7. The normalized spacial score (nSPS) is 28.2. The number of hydrogen-bond acceptors (Lipinski definition) is 8.